The van der Waals surface area contributed by atoms with E-state index in [-0.39, 0.29) is 5.91 Å². The molecule has 1 amide bonds. The first-order valence-corrected chi connectivity index (χ1v) is 6.89. The van der Waals surface area contributed by atoms with Crippen LogP contribution in [0.25, 0.3) is 0 Å². The minimum atomic E-state index is 0.124. The molecule has 0 aliphatic rings. The number of carbonyl (C=O) groups is 1. The lowest BCUT2D eigenvalue weighted by molar-refractivity contribution is 0.0789. The summed E-state index contributed by atoms with van der Waals surface area (Å²) in [5.74, 6) is 0.755. The van der Waals surface area contributed by atoms with Crippen LogP contribution in [-0.4, -0.2) is 24.4 Å². The number of aryl methyl sites for hydroxylation is 1. The number of rotatable bonds is 6. The predicted octanol–water partition coefficient (Wildman–Crippen LogP) is 3.76. The van der Waals surface area contributed by atoms with Gasteiger partial charge in [-0.15, -0.1) is 0 Å². The molecule has 0 N–H and O–H groups in total. The first-order valence-electron chi connectivity index (χ1n) is 6.89. The third-order valence-electron chi connectivity index (χ3n) is 3.13. The molecular formula is C16H25NO. The van der Waals surface area contributed by atoms with Gasteiger partial charge in [-0.05, 0) is 36.5 Å². The molecule has 0 bridgehead atoms. The highest BCUT2D eigenvalue weighted by Gasteiger charge is 2.11. The van der Waals surface area contributed by atoms with Crippen LogP contribution < -0.4 is 0 Å². The smallest absolute Gasteiger partial charge is 0.253 e. The molecule has 1 aromatic rings. The fourth-order valence-corrected chi connectivity index (χ4v) is 1.88. The maximum Gasteiger partial charge on any atom is 0.253 e. The molecule has 2 nitrogen and oxygen atoms in total. The van der Waals surface area contributed by atoms with Gasteiger partial charge in [-0.3, -0.25) is 4.79 Å². The fourth-order valence-electron chi connectivity index (χ4n) is 1.88. The Morgan fingerprint density at radius 2 is 1.83 bits per heavy atom. The molecule has 1 rings (SSSR count). The highest BCUT2D eigenvalue weighted by molar-refractivity contribution is 5.94. The van der Waals surface area contributed by atoms with E-state index < -0.39 is 0 Å². The first-order chi connectivity index (χ1) is 8.54. The Kier molecular flexibility index (Phi) is 5.90. The number of amides is 1. The quantitative estimate of drug-likeness (QED) is 0.749. The van der Waals surface area contributed by atoms with E-state index in [0.29, 0.717) is 5.92 Å². The van der Waals surface area contributed by atoms with Gasteiger partial charge in [0.1, 0.15) is 0 Å². The van der Waals surface area contributed by atoms with Gasteiger partial charge in [0.05, 0.1) is 0 Å². The summed E-state index contributed by atoms with van der Waals surface area (Å²) in [4.78, 5) is 14.0. The Bertz CT molecular complexity index is 367. The number of carbonyl (C=O) groups excluding carboxylic acids is 1. The second-order valence-corrected chi connectivity index (χ2v) is 5.36. The van der Waals surface area contributed by atoms with Crippen LogP contribution in [0.5, 0.6) is 0 Å². The van der Waals surface area contributed by atoms with Crippen LogP contribution in [-0.2, 0) is 6.42 Å². The Balaban J connectivity index is 2.60. The maximum atomic E-state index is 12.2. The van der Waals surface area contributed by atoms with Gasteiger partial charge in [-0.25, -0.2) is 0 Å². The summed E-state index contributed by atoms with van der Waals surface area (Å²) in [5, 5.41) is 0. The maximum absolute atomic E-state index is 12.2. The van der Waals surface area contributed by atoms with E-state index in [1.54, 1.807) is 0 Å². The zero-order valence-electron chi connectivity index (χ0n) is 12.1. The summed E-state index contributed by atoms with van der Waals surface area (Å²) in [5.41, 5.74) is 2.10. The lowest BCUT2D eigenvalue weighted by Crippen LogP contribution is -2.28. The molecule has 0 fully saturated rings. The van der Waals surface area contributed by atoms with Gasteiger partial charge in [0, 0.05) is 19.2 Å². The van der Waals surface area contributed by atoms with E-state index in [9.17, 15) is 4.79 Å². The average molecular weight is 247 g/mol. The van der Waals surface area contributed by atoms with Crippen molar-refractivity contribution in [3.05, 3.63) is 35.4 Å². The van der Waals surface area contributed by atoms with Crippen molar-refractivity contribution in [1.82, 2.24) is 4.90 Å². The summed E-state index contributed by atoms with van der Waals surface area (Å²) >= 11 is 0. The second kappa shape index (κ2) is 7.20. The van der Waals surface area contributed by atoms with E-state index in [1.807, 2.05) is 24.1 Å². The Labute approximate surface area is 111 Å². The lowest BCUT2D eigenvalue weighted by Gasteiger charge is -2.18. The van der Waals surface area contributed by atoms with Gasteiger partial charge in [0.2, 0.25) is 0 Å². The minimum Gasteiger partial charge on any atom is -0.342 e. The molecule has 0 saturated carbocycles. The molecule has 0 radical (unpaired) electrons. The topological polar surface area (TPSA) is 20.3 Å². The van der Waals surface area contributed by atoms with Crippen LogP contribution in [0.1, 0.15) is 49.5 Å². The van der Waals surface area contributed by atoms with E-state index >= 15 is 0 Å². The summed E-state index contributed by atoms with van der Waals surface area (Å²) in [7, 11) is 1.88. The molecule has 0 saturated heterocycles. The molecule has 0 heterocycles. The normalized spacial score (nSPS) is 10.7. The average Bonchev–Trinajstić information content (AvgIpc) is 2.36. The molecular weight excluding hydrogens is 222 g/mol. The van der Waals surface area contributed by atoms with Gasteiger partial charge >= 0.3 is 0 Å². The minimum absolute atomic E-state index is 0.124. The van der Waals surface area contributed by atoms with Crippen molar-refractivity contribution in [1.29, 1.82) is 0 Å². The van der Waals surface area contributed by atoms with Crippen molar-refractivity contribution in [3.63, 3.8) is 0 Å². The molecule has 2 heteroatoms. The highest BCUT2D eigenvalue weighted by Crippen LogP contribution is 2.10. The lowest BCUT2D eigenvalue weighted by atomic mass is 10.1. The summed E-state index contributed by atoms with van der Waals surface area (Å²) in [6.45, 7) is 7.35. The van der Waals surface area contributed by atoms with Crippen molar-refractivity contribution < 1.29 is 4.79 Å². The zero-order valence-corrected chi connectivity index (χ0v) is 12.1. The molecule has 0 aliphatic heterocycles. The number of hydrogen-bond donors (Lipinski definition) is 0. The molecule has 18 heavy (non-hydrogen) atoms. The molecule has 0 spiro atoms. The number of benzene rings is 1. The Hall–Kier alpha value is -1.31. The third-order valence-corrected chi connectivity index (χ3v) is 3.13. The summed E-state index contributed by atoms with van der Waals surface area (Å²) < 4.78 is 0. The zero-order chi connectivity index (χ0) is 13.5. The van der Waals surface area contributed by atoms with E-state index in [0.717, 1.165) is 31.4 Å². The Morgan fingerprint density at radius 1 is 1.22 bits per heavy atom. The van der Waals surface area contributed by atoms with Crippen molar-refractivity contribution in [2.75, 3.05) is 13.6 Å². The van der Waals surface area contributed by atoms with Crippen LogP contribution in [0.15, 0.2) is 24.3 Å². The fraction of sp³-hybridized carbons (Fsp3) is 0.562. The Morgan fingerprint density at radius 3 is 2.33 bits per heavy atom. The predicted molar refractivity (Wildman–Crippen MR) is 76.9 cm³/mol. The second-order valence-electron chi connectivity index (χ2n) is 5.36. The van der Waals surface area contributed by atoms with Gasteiger partial charge in [-0.1, -0.05) is 39.3 Å². The molecule has 0 aromatic heterocycles. The monoisotopic (exact) mass is 247 g/mol. The van der Waals surface area contributed by atoms with Gasteiger partial charge in [0.25, 0.3) is 5.91 Å². The van der Waals surface area contributed by atoms with Crippen LogP contribution >= 0.6 is 0 Å². The summed E-state index contributed by atoms with van der Waals surface area (Å²) in [6.07, 6.45) is 3.27. The number of hydrogen-bond acceptors (Lipinski definition) is 1. The highest BCUT2D eigenvalue weighted by atomic mass is 16.2. The van der Waals surface area contributed by atoms with Crippen LogP contribution in [0.3, 0.4) is 0 Å². The molecule has 1 aromatic carbocycles. The van der Waals surface area contributed by atoms with Crippen molar-refractivity contribution >= 4 is 5.91 Å². The van der Waals surface area contributed by atoms with Crippen molar-refractivity contribution in [2.24, 2.45) is 5.92 Å². The van der Waals surface area contributed by atoms with E-state index in [2.05, 4.69) is 32.9 Å². The first kappa shape index (κ1) is 14.7. The van der Waals surface area contributed by atoms with E-state index in [4.69, 9.17) is 0 Å². The number of nitrogens with zero attached hydrogens (tertiary/aromatic N) is 1. The molecule has 0 atom stereocenters. The molecule has 0 unspecified atom stereocenters. The molecule has 100 valence electrons. The summed E-state index contributed by atoms with van der Waals surface area (Å²) in [6, 6.07) is 8.01. The van der Waals surface area contributed by atoms with Gasteiger partial charge in [-0.2, -0.15) is 0 Å². The van der Waals surface area contributed by atoms with Crippen LogP contribution in [0.4, 0.5) is 0 Å². The molecule has 0 aliphatic carbocycles. The van der Waals surface area contributed by atoms with Crippen molar-refractivity contribution in [3.8, 4) is 0 Å². The largest absolute Gasteiger partial charge is 0.342 e. The SMILES string of the molecule is CCCc1ccc(C(=O)N(C)CCC(C)C)cc1. The van der Waals surface area contributed by atoms with Crippen LogP contribution in [0, 0.1) is 5.92 Å². The van der Waals surface area contributed by atoms with E-state index in [1.165, 1.54) is 5.56 Å². The van der Waals surface area contributed by atoms with Crippen LogP contribution in [0.2, 0.25) is 0 Å². The standard InChI is InChI=1S/C16H25NO/c1-5-6-14-7-9-15(10-8-14)16(18)17(4)12-11-13(2)3/h7-10,13H,5-6,11-12H2,1-4H3. The van der Waals surface area contributed by atoms with Gasteiger partial charge < -0.3 is 4.90 Å². The van der Waals surface area contributed by atoms with Gasteiger partial charge in [0.15, 0.2) is 0 Å². The third kappa shape index (κ3) is 4.52. The van der Waals surface area contributed by atoms with Crippen molar-refractivity contribution in [2.45, 2.75) is 40.0 Å².